The maximum Gasteiger partial charge on any atom is 0.224 e. The molecule has 0 aliphatic heterocycles. The summed E-state index contributed by atoms with van der Waals surface area (Å²) in [6, 6.07) is 8.18. The van der Waals surface area contributed by atoms with Crippen molar-refractivity contribution in [2.45, 2.75) is 13.3 Å². The number of nitrogens with zero attached hydrogens (tertiary/aromatic N) is 5. The molecule has 10 nitrogen and oxygen atoms in total. The molecule has 6 aromatic rings. The van der Waals surface area contributed by atoms with E-state index in [0.29, 0.717) is 57.2 Å². The van der Waals surface area contributed by atoms with Gasteiger partial charge in [0.05, 0.1) is 53.6 Å². The van der Waals surface area contributed by atoms with Gasteiger partial charge in [-0.3, -0.25) is 24.8 Å². The van der Waals surface area contributed by atoms with Crippen molar-refractivity contribution in [1.29, 1.82) is 0 Å². The first-order valence-electron chi connectivity index (χ1n) is 11.8. The number of benzene rings is 1. The summed E-state index contributed by atoms with van der Waals surface area (Å²) < 4.78 is 19.4. The largest absolute Gasteiger partial charge is 0.497 e. The zero-order chi connectivity index (χ0) is 26.2. The van der Waals surface area contributed by atoms with Gasteiger partial charge in [-0.25, -0.2) is 9.37 Å². The van der Waals surface area contributed by atoms with Crippen LogP contribution in [-0.2, 0) is 4.79 Å². The van der Waals surface area contributed by atoms with Crippen LogP contribution in [0.25, 0.3) is 55.8 Å². The molecule has 5 aromatic heterocycles. The fraction of sp³-hybridized carbons (Fsp3) is 0.111. The molecule has 0 aliphatic rings. The number of carbonyl (C=O) groups is 1. The minimum absolute atomic E-state index is 0.0973. The lowest BCUT2D eigenvalue weighted by atomic mass is 10.1. The number of fused-ring (bicyclic) bond motifs is 2. The second kappa shape index (κ2) is 9.36. The Labute approximate surface area is 215 Å². The lowest BCUT2D eigenvalue weighted by Gasteiger charge is -2.06. The molecule has 0 saturated heterocycles. The lowest BCUT2D eigenvalue weighted by molar-refractivity contribution is -0.115. The molecule has 0 fully saturated rings. The van der Waals surface area contributed by atoms with Gasteiger partial charge in [-0.15, -0.1) is 0 Å². The van der Waals surface area contributed by atoms with Crippen LogP contribution in [0.3, 0.4) is 0 Å². The van der Waals surface area contributed by atoms with Gasteiger partial charge in [0, 0.05) is 41.4 Å². The van der Waals surface area contributed by atoms with Crippen LogP contribution in [0.5, 0.6) is 5.75 Å². The van der Waals surface area contributed by atoms with E-state index in [9.17, 15) is 9.18 Å². The third kappa shape index (κ3) is 4.19. The SMILES string of the molecule is CCC(=O)Nc1cncc(-c2cc3c(-c4nc5c(-c6cc(F)cc(OC)c6)cncc5[nH]4)n[nH]c3cn2)c1. The van der Waals surface area contributed by atoms with E-state index < -0.39 is 5.82 Å². The van der Waals surface area contributed by atoms with Crippen molar-refractivity contribution >= 4 is 33.5 Å². The maximum absolute atomic E-state index is 14.2. The van der Waals surface area contributed by atoms with Crippen molar-refractivity contribution in [1.82, 2.24) is 35.1 Å². The van der Waals surface area contributed by atoms with Crippen molar-refractivity contribution in [3.05, 3.63) is 67.1 Å². The molecule has 0 aliphatic carbocycles. The minimum atomic E-state index is -0.418. The van der Waals surface area contributed by atoms with E-state index in [-0.39, 0.29) is 5.91 Å². The van der Waals surface area contributed by atoms with E-state index in [4.69, 9.17) is 9.72 Å². The molecule has 188 valence electrons. The van der Waals surface area contributed by atoms with E-state index in [1.54, 1.807) is 44.0 Å². The number of pyridine rings is 3. The summed E-state index contributed by atoms with van der Waals surface area (Å²) in [5.74, 6) is 0.403. The normalized spacial score (nSPS) is 11.2. The minimum Gasteiger partial charge on any atom is -0.497 e. The smallest absolute Gasteiger partial charge is 0.224 e. The number of amides is 1. The Morgan fingerprint density at radius 1 is 1.00 bits per heavy atom. The fourth-order valence-corrected chi connectivity index (χ4v) is 4.25. The van der Waals surface area contributed by atoms with Crippen molar-refractivity contribution in [2.24, 2.45) is 0 Å². The molecular weight excluding hydrogens is 487 g/mol. The molecule has 5 heterocycles. The highest BCUT2D eigenvalue weighted by Gasteiger charge is 2.17. The van der Waals surface area contributed by atoms with Crippen molar-refractivity contribution in [2.75, 3.05) is 12.4 Å². The molecule has 0 saturated carbocycles. The zero-order valence-electron chi connectivity index (χ0n) is 20.4. The quantitative estimate of drug-likeness (QED) is 0.284. The molecule has 0 bridgehead atoms. The number of carbonyl (C=O) groups excluding carboxylic acids is 1. The number of anilines is 1. The summed E-state index contributed by atoms with van der Waals surface area (Å²) in [6.45, 7) is 1.79. The number of aromatic nitrogens is 7. The monoisotopic (exact) mass is 508 g/mol. The number of methoxy groups -OCH3 is 1. The number of hydrogen-bond acceptors (Lipinski definition) is 7. The molecule has 6 rings (SSSR count). The number of aromatic amines is 2. The number of nitrogens with one attached hydrogen (secondary N) is 3. The Morgan fingerprint density at radius 3 is 2.71 bits per heavy atom. The van der Waals surface area contributed by atoms with Gasteiger partial charge < -0.3 is 15.0 Å². The van der Waals surface area contributed by atoms with Gasteiger partial charge in [0.2, 0.25) is 5.91 Å². The lowest BCUT2D eigenvalue weighted by Crippen LogP contribution is -2.09. The molecule has 0 radical (unpaired) electrons. The summed E-state index contributed by atoms with van der Waals surface area (Å²) >= 11 is 0. The van der Waals surface area contributed by atoms with Crippen LogP contribution in [0, 0.1) is 5.82 Å². The predicted molar refractivity (Wildman–Crippen MR) is 141 cm³/mol. The van der Waals surface area contributed by atoms with Gasteiger partial charge in [-0.1, -0.05) is 6.92 Å². The molecular formula is C27H21FN8O2. The highest BCUT2D eigenvalue weighted by molar-refractivity contribution is 5.97. The van der Waals surface area contributed by atoms with Crippen LogP contribution in [0.4, 0.5) is 10.1 Å². The summed E-state index contributed by atoms with van der Waals surface area (Å²) in [5, 5.41) is 11.1. The Kier molecular flexibility index (Phi) is 5.72. The van der Waals surface area contributed by atoms with Gasteiger partial charge in [-0.05, 0) is 29.8 Å². The van der Waals surface area contributed by atoms with E-state index in [1.807, 2.05) is 12.1 Å². The molecule has 0 spiro atoms. The third-order valence-corrected chi connectivity index (χ3v) is 6.12. The molecule has 11 heteroatoms. The first-order chi connectivity index (χ1) is 18.5. The standard InChI is InChI=1S/C27H21FN8O2/c1-3-24(37)32-17-5-15(9-29-10-17)21-8-19-22(13-31-21)35-36-26(19)27-33-23-12-30-11-20(25(23)34-27)14-4-16(28)7-18(6-14)38-2/h4-13H,3H2,1-2H3,(H,32,37)(H,33,34)(H,35,36). The van der Waals surface area contributed by atoms with Gasteiger partial charge in [0.1, 0.15) is 17.3 Å². The van der Waals surface area contributed by atoms with Crippen LogP contribution < -0.4 is 10.1 Å². The van der Waals surface area contributed by atoms with E-state index in [0.717, 1.165) is 16.5 Å². The van der Waals surface area contributed by atoms with E-state index in [2.05, 4.69) is 35.5 Å². The van der Waals surface area contributed by atoms with Crippen LogP contribution in [0.1, 0.15) is 13.3 Å². The second-order valence-corrected chi connectivity index (χ2v) is 8.60. The van der Waals surface area contributed by atoms with Crippen LogP contribution in [0.15, 0.2) is 61.3 Å². The van der Waals surface area contributed by atoms with Gasteiger partial charge in [0.15, 0.2) is 5.82 Å². The van der Waals surface area contributed by atoms with Crippen LogP contribution in [-0.4, -0.2) is 48.1 Å². The number of imidazole rings is 1. The third-order valence-electron chi connectivity index (χ3n) is 6.12. The summed E-state index contributed by atoms with van der Waals surface area (Å²) in [5.41, 5.74) is 5.85. The van der Waals surface area contributed by atoms with Crippen LogP contribution in [0.2, 0.25) is 0 Å². The predicted octanol–water partition coefficient (Wildman–Crippen LogP) is 5.12. The van der Waals surface area contributed by atoms with Crippen molar-refractivity contribution in [3.8, 4) is 39.7 Å². The number of ether oxygens (including phenoxy) is 1. The van der Waals surface area contributed by atoms with Gasteiger partial charge in [0.25, 0.3) is 0 Å². The number of rotatable bonds is 6. The highest BCUT2D eigenvalue weighted by atomic mass is 19.1. The number of H-pyrrole nitrogens is 2. The Hall–Kier alpha value is -5.19. The average molecular weight is 509 g/mol. The van der Waals surface area contributed by atoms with Gasteiger partial charge in [-0.2, -0.15) is 5.10 Å². The van der Waals surface area contributed by atoms with Crippen molar-refractivity contribution in [3.63, 3.8) is 0 Å². The molecule has 0 unspecified atom stereocenters. The number of halogens is 1. The topological polar surface area (TPSA) is 134 Å². The number of hydrogen-bond donors (Lipinski definition) is 3. The first-order valence-corrected chi connectivity index (χ1v) is 11.8. The van der Waals surface area contributed by atoms with E-state index in [1.165, 1.54) is 19.2 Å². The molecule has 3 N–H and O–H groups in total. The zero-order valence-corrected chi connectivity index (χ0v) is 20.4. The van der Waals surface area contributed by atoms with Crippen LogP contribution >= 0.6 is 0 Å². The second-order valence-electron chi connectivity index (χ2n) is 8.60. The molecule has 38 heavy (non-hydrogen) atoms. The molecule has 0 atom stereocenters. The molecule has 1 aromatic carbocycles. The first kappa shape index (κ1) is 23.2. The Morgan fingerprint density at radius 2 is 1.87 bits per heavy atom. The van der Waals surface area contributed by atoms with Crippen molar-refractivity contribution < 1.29 is 13.9 Å². The highest BCUT2D eigenvalue weighted by Crippen LogP contribution is 2.33. The average Bonchev–Trinajstić information content (AvgIpc) is 3.56. The molecule has 1 amide bonds. The Balaban J connectivity index is 1.43. The summed E-state index contributed by atoms with van der Waals surface area (Å²) in [6.07, 6.45) is 8.63. The Bertz CT molecular complexity index is 1830. The fourth-order valence-electron chi connectivity index (χ4n) is 4.25. The van der Waals surface area contributed by atoms with Gasteiger partial charge >= 0.3 is 0 Å². The summed E-state index contributed by atoms with van der Waals surface area (Å²) in [4.78, 5) is 33.0. The maximum atomic E-state index is 14.2. The van der Waals surface area contributed by atoms with E-state index >= 15 is 0 Å². The summed E-state index contributed by atoms with van der Waals surface area (Å²) in [7, 11) is 1.49.